The van der Waals surface area contributed by atoms with E-state index in [-0.39, 0.29) is 0 Å². The summed E-state index contributed by atoms with van der Waals surface area (Å²) >= 11 is 0. The molecule has 0 aromatic carbocycles. The van der Waals surface area contributed by atoms with Crippen molar-refractivity contribution in [2.45, 2.75) is 85.2 Å². The molecule has 0 aliphatic carbocycles. The summed E-state index contributed by atoms with van der Waals surface area (Å²) in [4.78, 5) is 2.81. The number of hydrogen-bond donors (Lipinski definition) is 1. The summed E-state index contributed by atoms with van der Waals surface area (Å²) < 4.78 is 0. The van der Waals surface area contributed by atoms with Gasteiger partial charge in [-0.15, -0.1) is 0 Å². The van der Waals surface area contributed by atoms with E-state index in [0.29, 0.717) is 6.04 Å². The Bertz CT molecular complexity index is 240. The normalized spacial score (nSPS) is 26.1. The monoisotopic (exact) mass is 282 g/mol. The van der Waals surface area contributed by atoms with Gasteiger partial charge in [-0.1, -0.05) is 53.9 Å². The molecule has 1 heterocycles. The lowest BCUT2D eigenvalue weighted by atomic mass is 9.94. The van der Waals surface area contributed by atoms with Crippen LogP contribution < -0.4 is 5.32 Å². The maximum Gasteiger partial charge on any atom is 0.0223 e. The number of nitrogens with zero attached hydrogens (tertiary/aromatic N) is 1. The van der Waals surface area contributed by atoms with Crippen LogP contribution in [0.5, 0.6) is 0 Å². The first-order valence-electron chi connectivity index (χ1n) is 9.07. The van der Waals surface area contributed by atoms with Crippen LogP contribution in [0.3, 0.4) is 0 Å². The van der Waals surface area contributed by atoms with Gasteiger partial charge in [-0.2, -0.15) is 0 Å². The van der Waals surface area contributed by atoms with Gasteiger partial charge >= 0.3 is 0 Å². The van der Waals surface area contributed by atoms with Crippen LogP contribution in [-0.2, 0) is 0 Å². The van der Waals surface area contributed by atoms with Crippen LogP contribution in [0.15, 0.2) is 0 Å². The van der Waals surface area contributed by atoms with Gasteiger partial charge in [0, 0.05) is 31.7 Å². The van der Waals surface area contributed by atoms with E-state index in [9.17, 15) is 0 Å². The molecule has 1 fully saturated rings. The molecule has 1 saturated heterocycles. The maximum atomic E-state index is 3.75. The molecular weight excluding hydrogens is 244 g/mol. The number of unbranched alkanes of at least 4 members (excludes halogenated alkanes) is 1. The lowest BCUT2D eigenvalue weighted by Crippen LogP contribution is -2.57. The largest absolute Gasteiger partial charge is 0.311 e. The minimum atomic E-state index is 0.710. The Hall–Kier alpha value is -0.0800. The second kappa shape index (κ2) is 9.78. The van der Waals surface area contributed by atoms with Gasteiger partial charge in [0.05, 0.1) is 0 Å². The van der Waals surface area contributed by atoms with E-state index in [4.69, 9.17) is 0 Å². The van der Waals surface area contributed by atoms with E-state index in [0.717, 1.165) is 17.9 Å². The molecule has 0 bridgehead atoms. The van der Waals surface area contributed by atoms with E-state index in [1.807, 2.05) is 0 Å². The highest BCUT2D eigenvalue weighted by Crippen LogP contribution is 2.21. The molecule has 0 radical (unpaired) electrons. The molecule has 1 N–H and O–H groups in total. The van der Waals surface area contributed by atoms with Crippen LogP contribution in [0, 0.1) is 11.8 Å². The Morgan fingerprint density at radius 1 is 1.20 bits per heavy atom. The predicted octanol–water partition coefficient (Wildman–Crippen LogP) is 4.30. The van der Waals surface area contributed by atoms with Gasteiger partial charge in [0.15, 0.2) is 0 Å². The maximum absolute atomic E-state index is 3.75. The van der Waals surface area contributed by atoms with E-state index in [1.54, 1.807) is 0 Å². The van der Waals surface area contributed by atoms with Gasteiger partial charge in [0.2, 0.25) is 0 Å². The lowest BCUT2D eigenvalue weighted by molar-refractivity contribution is 0.0911. The first-order valence-corrected chi connectivity index (χ1v) is 9.07. The van der Waals surface area contributed by atoms with Gasteiger partial charge in [-0.05, 0) is 31.1 Å². The summed E-state index contributed by atoms with van der Waals surface area (Å²) in [5, 5.41) is 3.75. The Morgan fingerprint density at radius 3 is 2.50 bits per heavy atom. The van der Waals surface area contributed by atoms with Crippen molar-refractivity contribution in [3.05, 3.63) is 0 Å². The Balaban J connectivity index is 2.57. The zero-order chi connectivity index (χ0) is 15.0. The fourth-order valence-corrected chi connectivity index (χ4v) is 3.45. The van der Waals surface area contributed by atoms with E-state index < -0.39 is 0 Å². The summed E-state index contributed by atoms with van der Waals surface area (Å²) in [6, 6.07) is 1.47. The molecule has 0 aromatic heterocycles. The summed E-state index contributed by atoms with van der Waals surface area (Å²) in [7, 11) is 0. The van der Waals surface area contributed by atoms with Crippen LogP contribution in [-0.4, -0.2) is 36.6 Å². The third kappa shape index (κ3) is 6.13. The molecule has 1 aliphatic heterocycles. The smallest absolute Gasteiger partial charge is 0.0223 e. The van der Waals surface area contributed by atoms with Crippen LogP contribution in [0.4, 0.5) is 0 Å². The van der Waals surface area contributed by atoms with Crippen molar-refractivity contribution in [3.63, 3.8) is 0 Å². The second-order valence-corrected chi connectivity index (χ2v) is 7.17. The van der Waals surface area contributed by atoms with Crippen LogP contribution in [0.25, 0.3) is 0 Å². The molecule has 1 aliphatic rings. The Labute approximate surface area is 127 Å². The highest BCUT2D eigenvalue weighted by Gasteiger charge is 2.28. The van der Waals surface area contributed by atoms with Gasteiger partial charge in [-0.3, -0.25) is 4.90 Å². The van der Waals surface area contributed by atoms with Crippen molar-refractivity contribution in [1.29, 1.82) is 0 Å². The lowest BCUT2D eigenvalue weighted by Gasteiger charge is -2.42. The minimum Gasteiger partial charge on any atom is -0.311 e. The van der Waals surface area contributed by atoms with Gasteiger partial charge < -0.3 is 5.32 Å². The Kier molecular flexibility index (Phi) is 8.79. The summed E-state index contributed by atoms with van der Waals surface area (Å²) in [5.41, 5.74) is 0. The van der Waals surface area contributed by atoms with Crippen molar-refractivity contribution in [2.75, 3.05) is 19.6 Å². The fraction of sp³-hybridized carbons (Fsp3) is 1.00. The molecule has 120 valence electrons. The van der Waals surface area contributed by atoms with E-state index in [2.05, 4.69) is 44.8 Å². The molecule has 0 saturated carbocycles. The van der Waals surface area contributed by atoms with Crippen LogP contribution in [0.1, 0.15) is 73.1 Å². The molecule has 3 unspecified atom stereocenters. The SMILES string of the molecule is CCCCC(CC)CN1CC(CC)NCC1CC(C)C. The highest BCUT2D eigenvalue weighted by atomic mass is 15.2. The molecule has 0 amide bonds. The van der Waals surface area contributed by atoms with E-state index in [1.165, 1.54) is 58.2 Å². The minimum absolute atomic E-state index is 0.710. The summed E-state index contributed by atoms with van der Waals surface area (Å²) in [5.74, 6) is 1.71. The molecule has 0 aromatic rings. The molecule has 2 nitrogen and oxygen atoms in total. The average molecular weight is 283 g/mol. The van der Waals surface area contributed by atoms with Crippen LogP contribution in [0.2, 0.25) is 0 Å². The van der Waals surface area contributed by atoms with Crippen molar-refractivity contribution < 1.29 is 0 Å². The first kappa shape index (κ1) is 18.0. The molecular formula is C18H38N2. The van der Waals surface area contributed by atoms with Crippen molar-refractivity contribution in [3.8, 4) is 0 Å². The number of nitrogens with one attached hydrogen (secondary N) is 1. The van der Waals surface area contributed by atoms with E-state index >= 15 is 0 Å². The van der Waals surface area contributed by atoms with Crippen molar-refractivity contribution in [2.24, 2.45) is 11.8 Å². The molecule has 2 heteroatoms. The van der Waals surface area contributed by atoms with Crippen molar-refractivity contribution >= 4 is 0 Å². The Morgan fingerprint density at radius 2 is 1.95 bits per heavy atom. The quantitative estimate of drug-likeness (QED) is 0.678. The van der Waals surface area contributed by atoms with Gasteiger partial charge in [0.25, 0.3) is 0 Å². The van der Waals surface area contributed by atoms with Crippen LogP contribution >= 0.6 is 0 Å². The number of piperazine rings is 1. The number of rotatable bonds is 9. The first-order chi connectivity index (χ1) is 9.60. The topological polar surface area (TPSA) is 15.3 Å². The highest BCUT2D eigenvalue weighted by molar-refractivity contribution is 4.87. The molecule has 3 atom stereocenters. The molecule has 1 rings (SSSR count). The standard InChI is InChI=1S/C18H38N2/c1-6-9-10-16(7-2)13-20-14-17(8-3)19-12-18(20)11-15(4)5/h15-19H,6-14H2,1-5H3. The zero-order valence-electron chi connectivity index (χ0n) is 14.6. The third-order valence-electron chi connectivity index (χ3n) is 4.89. The van der Waals surface area contributed by atoms with Crippen molar-refractivity contribution in [1.82, 2.24) is 10.2 Å². The predicted molar refractivity (Wildman–Crippen MR) is 90.2 cm³/mol. The number of hydrogen-bond acceptors (Lipinski definition) is 2. The summed E-state index contributed by atoms with van der Waals surface area (Å²) in [6.45, 7) is 15.5. The summed E-state index contributed by atoms with van der Waals surface area (Å²) in [6.07, 6.45) is 8.10. The van der Waals surface area contributed by atoms with Gasteiger partial charge in [-0.25, -0.2) is 0 Å². The molecule has 0 spiro atoms. The zero-order valence-corrected chi connectivity index (χ0v) is 14.6. The third-order valence-corrected chi connectivity index (χ3v) is 4.89. The fourth-order valence-electron chi connectivity index (χ4n) is 3.45. The second-order valence-electron chi connectivity index (χ2n) is 7.17. The average Bonchev–Trinajstić information content (AvgIpc) is 2.44. The molecule has 20 heavy (non-hydrogen) atoms. The van der Waals surface area contributed by atoms with Gasteiger partial charge in [0.1, 0.15) is 0 Å².